The molecule has 3 amide bonds. The van der Waals surface area contributed by atoms with E-state index in [-0.39, 0.29) is 20.7 Å². The number of hydrogen-bond donors (Lipinski definition) is 0. The maximum absolute atomic E-state index is 14.0. The van der Waals surface area contributed by atoms with E-state index in [0.29, 0.717) is 10.0 Å². The molecule has 0 N–H and O–H groups in total. The molecule has 1 aliphatic heterocycles. The van der Waals surface area contributed by atoms with Gasteiger partial charge in [0.15, 0.2) is 4.33 Å². The Bertz CT molecular complexity index is 1590. The van der Waals surface area contributed by atoms with Crippen molar-refractivity contribution in [3.63, 3.8) is 0 Å². The summed E-state index contributed by atoms with van der Waals surface area (Å²) in [5.74, 6) is -6.79. The highest BCUT2D eigenvalue weighted by Gasteiger charge is 2.88. The summed E-state index contributed by atoms with van der Waals surface area (Å²) in [6, 6.07) is 8.18. The number of allylic oxidation sites excluding steroid dienone is 2. The molecule has 1 heterocycles. The number of para-hydroxylation sites is 1. The number of rotatable bonds is 6. The predicted octanol–water partition coefficient (Wildman–Crippen LogP) is 6.16. The van der Waals surface area contributed by atoms with Gasteiger partial charge in [-0.25, -0.2) is 5.01 Å². The van der Waals surface area contributed by atoms with E-state index >= 15 is 0 Å². The number of alkyl halides is 4. The van der Waals surface area contributed by atoms with Crippen LogP contribution in [0.5, 0.6) is 0 Å². The SMILES string of the molecule is O=C(c1ccccc1[N+](=O)[O-])N(Cc1ccc(Cl)cc1[N+](=O)[O-])N1C(=O)[C@@H]2[C@H](C1=O)[C@@]1(Cl)C(Cl)=C(Cl)[C@@]2(Cl)C1(Cl)Cl. The van der Waals surface area contributed by atoms with Gasteiger partial charge in [-0.2, -0.15) is 5.01 Å². The lowest BCUT2D eigenvalue weighted by Crippen LogP contribution is -2.55. The summed E-state index contributed by atoms with van der Waals surface area (Å²) < 4.78 is -2.26. The molecule has 2 aromatic rings. The molecule has 214 valence electrons. The van der Waals surface area contributed by atoms with Gasteiger partial charge < -0.3 is 0 Å². The number of halogens is 7. The summed E-state index contributed by atoms with van der Waals surface area (Å²) in [7, 11) is 0. The Morgan fingerprint density at radius 3 is 1.88 bits per heavy atom. The Kier molecular flexibility index (Phi) is 7.22. The fraction of sp³-hybridized carbons (Fsp3) is 0.261. The van der Waals surface area contributed by atoms with Crippen molar-refractivity contribution in [2.75, 3.05) is 0 Å². The lowest BCUT2D eigenvalue weighted by molar-refractivity contribution is -0.385. The lowest BCUT2D eigenvalue weighted by atomic mass is 9.84. The van der Waals surface area contributed by atoms with Crippen LogP contribution in [0, 0.1) is 32.1 Å². The van der Waals surface area contributed by atoms with Crippen LogP contribution in [0.3, 0.4) is 0 Å². The van der Waals surface area contributed by atoms with Gasteiger partial charge >= 0.3 is 0 Å². The molecule has 41 heavy (non-hydrogen) atoms. The first-order valence-corrected chi connectivity index (χ1v) is 13.9. The van der Waals surface area contributed by atoms with Gasteiger partial charge in [0.2, 0.25) is 0 Å². The lowest BCUT2D eigenvalue weighted by Gasteiger charge is -2.37. The molecule has 0 unspecified atom stereocenters. The number of nitro benzene ring substituents is 2. The third kappa shape index (κ3) is 3.83. The van der Waals surface area contributed by atoms with Crippen molar-refractivity contribution in [2.45, 2.75) is 20.6 Å². The zero-order chi connectivity index (χ0) is 30.4. The molecule has 2 aliphatic carbocycles. The van der Waals surface area contributed by atoms with E-state index in [1.54, 1.807) is 0 Å². The van der Waals surface area contributed by atoms with Crippen LogP contribution in [0.25, 0.3) is 0 Å². The molecule has 0 aromatic heterocycles. The number of imide groups is 1. The van der Waals surface area contributed by atoms with Gasteiger partial charge in [-0.15, -0.1) is 23.2 Å². The van der Waals surface area contributed by atoms with E-state index in [1.165, 1.54) is 24.3 Å². The first-order chi connectivity index (χ1) is 19.0. The van der Waals surface area contributed by atoms with Crippen molar-refractivity contribution >= 4 is 110 Å². The van der Waals surface area contributed by atoms with Gasteiger partial charge in [-0.05, 0) is 18.2 Å². The summed E-state index contributed by atoms with van der Waals surface area (Å²) in [5, 5.41) is 23.6. The molecule has 2 aromatic carbocycles. The van der Waals surface area contributed by atoms with Gasteiger partial charge in [-0.3, -0.25) is 34.6 Å². The summed E-state index contributed by atoms with van der Waals surface area (Å²) in [5.41, 5.74) is -1.93. The zero-order valence-corrected chi connectivity index (χ0v) is 25.0. The first kappa shape index (κ1) is 30.1. The second kappa shape index (κ2) is 9.84. The summed E-state index contributed by atoms with van der Waals surface area (Å²) in [6.07, 6.45) is 0. The minimum atomic E-state index is -2.26. The number of benzene rings is 2. The zero-order valence-electron chi connectivity index (χ0n) is 19.7. The summed E-state index contributed by atoms with van der Waals surface area (Å²) in [6.45, 7) is -0.790. The van der Waals surface area contributed by atoms with E-state index in [1.807, 2.05) is 0 Å². The maximum atomic E-state index is 14.0. The minimum Gasteiger partial charge on any atom is -0.272 e. The average molecular weight is 704 g/mol. The monoisotopic (exact) mass is 700 g/mol. The van der Waals surface area contributed by atoms with E-state index < -0.39 is 77.0 Å². The first-order valence-electron chi connectivity index (χ1n) is 11.2. The Morgan fingerprint density at radius 1 is 0.854 bits per heavy atom. The molecular weight excluding hydrogens is 692 g/mol. The molecule has 11 nitrogen and oxygen atoms in total. The molecule has 3 aliphatic rings. The quantitative estimate of drug-likeness (QED) is 0.152. The van der Waals surface area contributed by atoms with Gasteiger partial charge in [-0.1, -0.05) is 70.1 Å². The molecule has 0 radical (unpaired) electrons. The maximum Gasteiger partial charge on any atom is 0.282 e. The Hall–Kier alpha value is -2.38. The van der Waals surface area contributed by atoms with Gasteiger partial charge in [0, 0.05) is 17.2 Å². The standard InChI is InChI=1S/C23H11Cl7N4O7/c24-10-6-5-9(13(7-10)34(40)41)8-31(18(35)11-3-1-2-4-12(11)33(38)39)32-19(36)14-15(20(32)37)22(28)17(26)16(25)21(14,27)23(22,29)30/h1-7,14-15H,8H2/t14-,15+,21-,22-/m1/s1. The van der Waals surface area contributed by atoms with Crippen LogP contribution < -0.4 is 0 Å². The van der Waals surface area contributed by atoms with Crippen molar-refractivity contribution in [1.29, 1.82) is 0 Å². The second-order valence-corrected chi connectivity index (χ2v) is 12.9. The number of carbonyl (C=O) groups is 3. The average Bonchev–Trinajstić information content (AvgIpc) is 3.30. The van der Waals surface area contributed by atoms with Gasteiger partial charge in [0.25, 0.3) is 29.1 Å². The summed E-state index contributed by atoms with van der Waals surface area (Å²) in [4.78, 5) is 59.3. The predicted molar refractivity (Wildman–Crippen MR) is 150 cm³/mol. The molecule has 0 spiro atoms. The van der Waals surface area contributed by atoms with Crippen molar-refractivity contribution in [3.05, 3.63) is 88.9 Å². The largest absolute Gasteiger partial charge is 0.282 e. The van der Waals surface area contributed by atoms with Crippen molar-refractivity contribution < 1.29 is 24.2 Å². The molecular formula is C23H11Cl7N4O7. The molecule has 2 bridgehead atoms. The topological polar surface area (TPSA) is 144 Å². The molecule has 2 fully saturated rings. The third-order valence-corrected chi connectivity index (χ3v) is 11.8. The Labute approximate surface area is 264 Å². The number of hydrogen-bond acceptors (Lipinski definition) is 7. The van der Waals surface area contributed by atoms with Crippen LogP contribution in [-0.4, -0.2) is 51.7 Å². The molecule has 1 saturated carbocycles. The van der Waals surface area contributed by atoms with E-state index in [0.717, 1.165) is 18.2 Å². The van der Waals surface area contributed by atoms with E-state index in [4.69, 9.17) is 81.2 Å². The van der Waals surface area contributed by atoms with Crippen LogP contribution in [0.15, 0.2) is 52.5 Å². The highest BCUT2D eigenvalue weighted by Crippen LogP contribution is 2.77. The number of nitrogens with zero attached hydrogens (tertiary/aromatic N) is 4. The Balaban J connectivity index is 1.68. The molecule has 18 heteroatoms. The fourth-order valence-electron chi connectivity index (χ4n) is 5.41. The van der Waals surface area contributed by atoms with Crippen LogP contribution in [0.2, 0.25) is 5.02 Å². The van der Waals surface area contributed by atoms with Crippen molar-refractivity contribution in [2.24, 2.45) is 11.8 Å². The number of carbonyl (C=O) groups excluding carboxylic acids is 3. The van der Waals surface area contributed by atoms with Crippen LogP contribution >= 0.6 is 81.2 Å². The smallest absolute Gasteiger partial charge is 0.272 e. The molecule has 1 saturated heterocycles. The van der Waals surface area contributed by atoms with Gasteiger partial charge in [0.05, 0.1) is 43.9 Å². The number of amides is 3. The molecule has 5 rings (SSSR count). The Morgan fingerprint density at radius 2 is 1.37 bits per heavy atom. The number of nitro groups is 2. The van der Waals surface area contributed by atoms with Crippen molar-refractivity contribution in [3.8, 4) is 0 Å². The third-order valence-electron chi connectivity index (χ3n) is 7.26. The highest BCUT2D eigenvalue weighted by atomic mass is 35.5. The molecule has 4 atom stereocenters. The van der Waals surface area contributed by atoms with Gasteiger partial charge in [0.1, 0.15) is 15.3 Å². The minimum absolute atomic E-state index is 0.0134. The van der Waals surface area contributed by atoms with Crippen LogP contribution in [0.1, 0.15) is 15.9 Å². The fourth-order valence-corrected chi connectivity index (χ4v) is 8.50. The van der Waals surface area contributed by atoms with Crippen molar-refractivity contribution in [1.82, 2.24) is 10.0 Å². The number of fused-ring (bicyclic) bond motifs is 5. The van der Waals surface area contributed by atoms with Crippen LogP contribution in [0.4, 0.5) is 11.4 Å². The van der Waals surface area contributed by atoms with Crippen LogP contribution in [-0.2, 0) is 16.1 Å². The highest BCUT2D eigenvalue weighted by molar-refractivity contribution is 6.66. The number of hydrazine groups is 1. The van der Waals surface area contributed by atoms with E-state index in [9.17, 15) is 34.6 Å². The van der Waals surface area contributed by atoms with E-state index in [2.05, 4.69) is 0 Å². The normalized spacial score (nSPS) is 27.8. The summed E-state index contributed by atoms with van der Waals surface area (Å²) >= 11 is 45.1. The second-order valence-electron chi connectivity index (χ2n) is 9.24.